The number of aromatic nitrogens is 3. The summed E-state index contributed by atoms with van der Waals surface area (Å²) in [6, 6.07) is 13.7. The summed E-state index contributed by atoms with van der Waals surface area (Å²) in [4.78, 5) is 22.8. The van der Waals surface area contributed by atoms with Crippen LogP contribution in [0.4, 0.5) is 11.4 Å². The van der Waals surface area contributed by atoms with Gasteiger partial charge in [-0.1, -0.05) is 42.1 Å². The highest BCUT2D eigenvalue weighted by molar-refractivity contribution is 7.99. The van der Waals surface area contributed by atoms with E-state index in [0.717, 1.165) is 11.3 Å². The average molecular weight is 427 g/mol. The highest BCUT2D eigenvalue weighted by atomic mass is 32.2. The summed E-state index contributed by atoms with van der Waals surface area (Å²) < 4.78 is 7.76. The van der Waals surface area contributed by atoms with E-state index in [4.69, 9.17) is 4.74 Å². The lowest BCUT2D eigenvalue weighted by molar-refractivity contribution is -0.383. The summed E-state index contributed by atoms with van der Waals surface area (Å²) >= 11 is 1.19. The summed E-state index contributed by atoms with van der Waals surface area (Å²) in [6.45, 7) is 3.85. The van der Waals surface area contributed by atoms with Crippen LogP contribution in [0.1, 0.15) is 24.4 Å². The second kappa shape index (κ2) is 9.40. The van der Waals surface area contributed by atoms with Crippen LogP contribution in [0.5, 0.6) is 5.75 Å². The Morgan fingerprint density at radius 2 is 1.93 bits per heavy atom. The van der Waals surface area contributed by atoms with E-state index in [1.807, 2.05) is 38.1 Å². The van der Waals surface area contributed by atoms with Crippen LogP contribution in [-0.2, 0) is 11.8 Å². The summed E-state index contributed by atoms with van der Waals surface area (Å²) in [6.07, 6.45) is -0.334. The van der Waals surface area contributed by atoms with Gasteiger partial charge in [-0.05, 0) is 31.5 Å². The number of thioether (sulfide) groups is 1. The molecule has 9 nitrogen and oxygen atoms in total. The normalized spacial score (nSPS) is 11.7. The summed E-state index contributed by atoms with van der Waals surface area (Å²) in [7, 11) is 1.80. The van der Waals surface area contributed by atoms with Crippen molar-refractivity contribution >= 4 is 29.0 Å². The summed E-state index contributed by atoms with van der Waals surface area (Å²) in [5.41, 5.74) is 1.03. The fourth-order valence-corrected chi connectivity index (χ4v) is 3.51. The molecule has 1 atom stereocenters. The number of rotatable bonds is 8. The minimum atomic E-state index is -0.534. The largest absolute Gasteiger partial charge is 0.482 e. The zero-order chi connectivity index (χ0) is 21.7. The topological polar surface area (TPSA) is 112 Å². The number of carbonyl (C=O) groups excluding carboxylic acids is 1. The van der Waals surface area contributed by atoms with Gasteiger partial charge in [-0.3, -0.25) is 14.9 Å². The minimum absolute atomic E-state index is 0.0328. The number of aryl methyl sites for hydroxylation is 1. The number of amides is 1. The molecule has 1 heterocycles. The number of nitro benzene ring substituents is 1. The Morgan fingerprint density at radius 3 is 2.67 bits per heavy atom. The van der Waals surface area contributed by atoms with Gasteiger partial charge in [0, 0.05) is 13.1 Å². The molecule has 0 spiro atoms. The molecule has 1 unspecified atom stereocenters. The number of nitro groups is 1. The van der Waals surface area contributed by atoms with Crippen molar-refractivity contribution in [3.63, 3.8) is 0 Å². The first kappa shape index (κ1) is 21.3. The van der Waals surface area contributed by atoms with Crippen LogP contribution in [0.2, 0.25) is 0 Å². The second-order valence-corrected chi connectivity index (χ2v) is 7.48. The van der Waals surface area contributed by atoms with E-state index in [9.17, 15) is 14.9 Å². The number of anilines is 1. The van der Waals surface area contributed by atoms with Gasteiger partial charge in [-0.2, -0.15) is 0 Å². The first-order valence-corrected chi connectivity index (χ1v) is 10.1. The van der Waals surface area contributed by atoms with Crippen molar-refractivity contribution in [2.75, 3.05) is 11.1 Å². The zero-order valence-electron chi connectivity index (χ0n) is 16.7. The number of benzene rings is 2. The van der Waals surface area contributed by atoms with E-state index in [2.05, 4.69) is 15.5 Å². The number of hydrogen-bond acceptors (Lipinski definition) is 7. The van der Waals surface area contributed by atoms with Crippen molar-refractivity contribution in [3.05, 3.63) is 70.0 Å². The van der Waals surface area contributed by atoms with Crippen molar-refractivity contribution in [2.24, 2.45) is 7.05 Å². The third-order valence-electron chi connectivity index (χ3n) is 4.34. The van der Waals surface area contributed by atoms with Crippen LogP contribution >= 0.6 is 11.8 Å². The molecule has 1 aromatic heterocycles. The fraction of sp³-hybridized carbons (Fsp3) is 0.250. The zero-order valence-corrected chi connectivity index (χ0v) is 17.5. The van der Waals surface area contributed by atoms with E-state index in [1.165, 1.54) is 23.9 Å². The molecule has 0 aliphatic rings. The molecular formula is C20H21N5O4S. The van der Waals surface area contributed by atoms with E-state index < -0.39 is 4.92 Å². The number of nitrogens with one attached hydrogen (secondary N) is 1. The van der Waals surface area contributed by atoms with Gasteiger partial charge in [-0.15, -0.1) is 10.2 Å². The van der Waals surface area contributed by atoms with Crippen LogP contribution in [0.3, 0.4) is 0 Å². The van der Waals surface area contributed by atoms with Crippen LogP contribution in [0.15, 0.2) is 53.7 Å². The van der Waals surface area contributed by atoms with Gasteiger partial charge in [0.05, 0.1) is 10.7 Å². The standard InChI is InChI=1S/C20H21N5O4S/c1-13-8-4-7-11-17(13)29-14(2)19-22-23-20(24(19)3)30-12-18(26)21-15-9-5-6-10-16(15)25(27)28/h4-11,14H,12H2,1-3H3,(H,21,26). The Kier molecular flexibility index (Phi) is 6.68. The summed E-state index contributed by atoms with van der Waals surface area (Å²) in [5.74, 6) is 1.05. The van der Waals surface area contributed by atoms with E-state index in [-0.39, 0.29) is 29.1 Å². The van der Waals surface area contributed by atoms with Crippen LogP contribution in [0.25, 0.3) is 0 Å². The maximum absolute atomic E-state index is 12.3. The molecule has 0 fully saturated rings. The number of para-hydroxylation sites is 3. The van der Waals surface area contributed by atoms with Crippen molar-refractivity contribution in [1.82, 2.24) is 14.8 Å². The van der Waals surface area contributed by atoms with E-state index >= 15 is 0 Å². The second-order valence-electron chi connectivity index (χ2n) is 6.54. The van der Waals surface area contributed by atoms with Crippen molar-refractivity contribution in [3.8, 4) is 5.75 Å². The fourth-order valence-electron chi connectivity index (χ4n) is 2.79. The molecule has 1 amide bonds. The van der Waals surface area contributed by atoms with Crippen LogP contribution < -0.4 is 10.1 Å². The van der Waals surface area contributed by atoms with E-state index in [1.54, 1.807) is 23.7 Å². The monoisotopic (exact) mass is 427 g/mol. The number of nitrogens with zero attached hydrogens (tertiary/aromatic N) is 4. The lowest BCUT2D eigenvalue weighted by Crippen LogP contribution is -2.15. The predicted octanol–water partition coefficient (Wildman–Crippen LogP) is 3.90. The Balaban J connectivity index is 1.62. The molecule has 0 saturated heterocycles. The molecule has 0 aliphatic carbocycles. The molecule has 10 heteroatoms. The SMILES string of the molecule is Cc1ccccc1OC(C)c1nnc(SCC(=O)Nc2ccccc2[N+](=O)[O-])n1C. The Labute approximate surface area is 177 Å². The molecule has 3 aromatic rings. The molecule has 0 saturated carbocycles. The number of ether oxygens (including phenoxy) is 1. The molecule has 0 bridgehead atoms. The Hall–Kier alpha value is -3.40. The third kappa shape index (κ3) is 4.95. The molecule has 1 N–H and O–H groups in total. The lowest BCUT2D eigenvalue weighted by Gasteiger charge is -2.15. The summed E-state index contributed by atoms with van der Waals surface area (Å²) in [5, 5.41) is 22.5. The lowest BCUT2D eigenvalue weighted by atomic mass is 10.2. The van der Waals surface area contributed by atoms with Crippen molar-refractivity contribution < 1.29 is 14.5 Å². The van der Waals surface area contributed by atoms with Crippen molar-refractivity contribution in [1.29, 1.82) is 0 Å². The third-order valence-corrected chi connectivity index (χ3v) is 5.36. The minimum Gasteiger partial charge on any atom is -0.482 e. The molecular weight excluding hydrogens is 406 g/mol. The maximum atomic E-state index is 12.3. The number of carbonyl (C=O) groups is 1. The van der Waals surface area contributed by atoms with Crippen LogP contribution in [0, 0.1) is 17.0 Å². The Bertz CT molecular complexity index is 1070. The van der Waals surface area contributed by atoms with Crippen molar-refractivity contribution in [2.45, 2.75) is 25.1 Å². The highest BCUT2D eigenvalue weighted by Gasteiger charge is 2.19. The van der Waals surface area contributed by atoms with Gasteiger partial charge >= 0.3 is 0 Å². The predicted molar refractivity (Wildman–Crippen MR) is 114 cm³/mol. The molecule has 156 valence electrons. The van der Waals surface area contributed by atoms with Gasteiger partial charge in [0.15, 0.2) is 17.1 Å². The quantitative estimate of drug-likeness (QED) is 0.329. The Morgan fingerprint density at radius 1 is 1.23 bits per heavy atom. The van der Waals surface area contributed by atoms with Gasteiger partial charge in [-0.25, -0.2) is 0 Å². The van der Waals surface area contributed by atoms with Gasteiger partial charge in [0.2, 0.25) is 5.91 Å². The number of hydrogen-bond donors (Lipinski definition) is 1. The molecule has 0 radical (unpaired) electrons. The molecule has 2 aromatic carbocycles. The first-order chi connectivity index (χ1) is 14.4. The maximum Gasteiger partial charge on any atom is 0.292 e. The molecule has 3 rings (SSSR count). The highest BCUT2D eigenvalue weighted by Crippen LogP contribution is 2.26. The van der Waals surface area contributed by atoms with Gasteiger partial charge < -0.3 is 14.6 Å². The first-order valence-electron chi connectivity index (χ1n) is 9.14. The smallest absolute Gasteiger partial charge is 0.292 e. The van der Waals surface area contributed by atoms with E-state index in [0.29, 0.717) is 11.0 Å². The average Bonchev–Trinajstić information content (AvgIpc) is 3.09. The van der Waals surface area contributed by atoms with Gasteiger partial charge in [0.1, 0.15) is 11.4 Å². The van der Waals surface area contributed by atoms with Gasteiger partial charge in [0.25, 0.3) is 5.69 Å². The van der Waals surface area contributed by atoms with Crippen LogP contribution in [-0.4, -0.2) is 31.3 Å². The molecule has 30 heavy (non-hydrogen) atoms. The molecule has 0 aliphatic heterocycles.